The van der Waals surface area contributed by atoms with Crippen LogP contribution in [0, 0.1) is 17.2 Å². The predicted molar refractivity (Wildman–Crippen MR) is 88.5 cm³/mol. The Hall–Kier alpha value is -2.27. The Morgan fingerprint density at radius 1 is 1.35 bits per heavy atom. The molecule has 0 atom stereocenters. The zero-order chi connectivity index (χ0) is 18.9. The van der Waals surface area contributed by atoms with Crippen LogP contribution < -0.4 is 5.32 Å². The minimum Gasteiger partial charge on any atom is -0.480 e. The molecule has 1 aromatic rings. The fourth-order valence-corrected chi connectivity index (χ4v) is 3.35. The Bertz CT molecular complexity index is 719. The van der Waals surface area contributed by atoms with E-state index in [9.17, 15) is 18.0 Å². The Morgan fingerprint density at radius 3 is 2.58 bits per heavy atom. The van der Waals surface area contributed by atoms with Crippen molar-refractivity contribution in [2.75, 3.05) is 18.4 Å². The van der Waals surface area contributed by atoms with Crippen LogP contribution in [0.4, 0.5) is 18.9 Å². The van der Waals surface area contributed by atoms with Gasteiger partial charge in [0, 0.05) is 24.3 Å². The second-order valence-corrected chi connectivity index (χ2v) is 7.10. The zero-order valence-corrected chi connectivity index (χ0v) is 14.1. The highest BCUT2D eigenvalue weighted by Crippen LogP contribution is 2.36. The van der Waals surface area contributed by atoms with Gasteiger partial charge in [-0.05, 0) is 49.8 Å². The number of alkyl halides is 3. The molecule has 140 valence electrons. The van der Waals surface area contributed by atoms with Crippen molar-refractivity contribution in [2.45, 2.75) is 43.9 Å². The molecule has 2 aliphatic carbocycles. The van der Waals surface area contributed by atoms with Gasteiger partial charge in [-0.2, -0.15) is 18.4 Å². The normalized spacial score (nSPS) is 22.6. The summed E-state index contributed by atoms with van der Waals surface area (Å²) in [6.45, 7) is 0.780. The minimum atomic E-state index is -4.58. The molecule has 26 heavy (non-hydrogen) atoms. The Balaban J connectivity index is 1.59. The Kier molecular flexibility index (Phi) is 5.10. The molecule has 0 saturated heterocycles. The number of carboxylic acid groups (broad SMARTS) is 1. The first-order valence-corrected chi connectivity index (χ1v) is 8.60. The van der Waals surface area contributed by atoms with E-state index >= 15 is 0 Å². The molecule has 2 N–H and O–H groups in total. The summed E-state index contributed by atoms with van der Waals surface area (Å²) in [7, 11) is 0. The largest absolute Gasteiger partial charge is 0.480 e. The average molecular weight is 367 g/mol. The smallest absolute Gasteiger partial charge is 0.417 e. The molecule has 1 aromatic carbocycles. The van der Waals surface area contributed by atoms with Gasteiger partial charge in [0.15, 0.2) is 0 Å². The van der Waals surface area contributed by atoms with E-state index in [1.807, 2.05) is 4.90 Å². The summed E-state index contributed by atoms with van der Waals surface area (Å²) in [4.78, 5) is 13.0. The lowest BCUT2D eigenvalue weighted by atomic mass is 9.85. The molecule has 0 bridgehead atoms. The van der Waals surface area contributed by atoms with Gasteiger partial charge in [-0.3, -0.25) is 9.69 Å². The van der Waals surface area contributed by atoms with Crippen molar-refractivity contribution in [2.24, 2.45) is 5.92 Å². The second-order valence-electron chi connectivity index (χ2n) is 7.10. The van der Waals surface area contributed by atoms with Crippen molar-refractivity contribution in [3.05, 3.63) is 29.3 Å². The molecule has 0 radical (unpaired) electrons. The monoisotopic (exact) mass is 367 g/mol. The van der Waals surface area contributed by atoms with Gasteiger partial charge in [0.05, 0.1) is 23.7 Å². The van der Waals surface area contributed by atoms with Crippen LogP contribution in [-0.4, -0.2) is 41.1 Å². The first kappa shape index (κ1) is 18.5. The first-order valence-electron chi connectivity index (χ1n) is 8.60. The maximum atomic E-state index is 13.0. The van der Waals surface area contributed by atoms with Gasteiger partial charge in [0.1, 0.15) is 0 Å². The van der Waals surface area contributed by atoms with Crippen molar-refractivity contribution in [1.29, 1.82) is 5.26 Å². The molecule has 5 nitrogen and oxygen atoms in total. The number of carboxylic acids is 1. The van der Waals surface area contributed by atoms with Crippen molar-refractivity contribution < 1.29 is 23.1 Å². The van der Waals surface area contributed by atoms with Crippen molar-refractivity contribution in [3.63, 3.8) is 0 Å². The molecule has 0 amide bonds. The van der Waals surface area contributed by atoms with Crippen LogP contribution >= 0.6 is 0 Å². The van der Waals surface area contributed by atoms with Crippen molar-refractivity contribution >= 4 is 11.7 Å². The third-order valence-corrected chi connectivity index (χ3v) is 4.97. The molecule has 2 aliphatic rings. The molecule has 2 fully saturated rings. The third kappa shape index (κ3) is 4.47. The summed E-state index contributed by atoms with van der Waals surface area (Å²) >= 11 is 0. The standard InChI is InChI=1S/C18H20F3N3O2/c19-18(20,21)16-7-13(4-3-12(16)8-22)23-14-5-15(6-14)24(10-17(25)26)9-11-1-2-11/h3-4,7,11,14-15,23H,1-2,5-6,9-10H2,(H,25,26). The molecule has 2 saturated carbocycles. The lowest BCUT2D eigenvalue weighted by Gasteiger charge is -2.43. The molecule has 0 spiro atoms. The molecule has 0 aromatic heterocycles. The molecule has 8 heteroatoms. The number of aliphatic carboxylic acids is 1. The highest BCUT2D eigenvalue weighted by Gasteiger charge is 2.38. The van der Waals surface area contributed by atoms with E-state index < -0.39 is 23.3 Å². The fourth-order valence-electron chi connectivity index (χ4n) is 3.35. The van der Waals surface area contributed by atoms with Gasteiger partial charge in [-0.15, -0.1) is 0 Å². The van der Waals surface area contributed by atoms with E-state index in [1.165, 1.54) is 12.1 Å². The van der Waals surface area contributed by atoms with Crippen LogP contribution in [0.15, 0.2) is 18.2 Å². The highest BCUT2D eigenvalue weighted by atomic mass is 19.4. The van der Waals surface area contributed by atoms with E-state index in [-0.39, 0.29) is 18.6 Å². The van der Waals surface area contributed by atoms with Crippen molar-refractivity contribution in [3.8, 4) is 6.07 Å². The van der Waals surface area contributed by atoms with E-state index in [0.29, 0.717) is 24.4 Å². The maximum Gasteiger partial charge on any atom is 0.417 e. The van der Waals surface area contributed by atoms with Gasteiger partial charge in [0.25, 0.3) is 0 Å². The van der Waals surface area contributed by atoms with Crippen LogP contribution in [0.2, 0.25) is 0 Å². The summed E-state index contributed by atoms with van der Waals surface area (Å²) in [5.74, 6) is -0.279. The van der Waals surface area contributed by atoms with Gasteiger partial charge in [-0.25, -0.2) is 0 Å². The van der Waals surface area contributed by atoms with Crippen LogP contribution in [0.25, 0.3) is 0 Å². The number of halogens is 3. The summed E-state index contributed by atoms with van der Waals surface area (Å²) in [5.41, 5.74) is -1.01. The molecule has 0 unspecified atom stereocenters. The minimum absolute atomic E-state index is 0.00295. The molecule has 0 heterocycles. The summed E-state index contributed by atoms with van der Waals surface area (Å²) in [5, 5.41) is 21.0. The van der Waals surface area contributed by atoms with E-state index in [2.05, 4.69) is 5.32 Å². The number of anilines is 1. The fraction of sp³-hybridized carbons (Fsp3) is 0.556. The highest BCUT2D eigenvalue weighted by molar-refractivity contribution is 5.69. The third-order valence-electron chi connectivity index (χ3n) is 4.97. The summed E-state index contributed by atoms with van der Waals surface area (Å²) in [6.07, 6.45) is -0.915. The van der Waals surface area contributed by atoms with Crippen molar-refractivity contribution in [1.82, 2.24) is 4.90 Å². The van der Waals surface area contributed by atoms with Gasteiger partial charge in [0.2, 0.25) is 0 Å². The van der Waals surface area contributed by atoms with Crippen LogP contribution in [0.5, 0.6) is 0 Å². The first-order chi connectivity index (χ1) is 12.3. The number of nitriles is 1. The number of nitrogens with zero attached hydrogens (tertiary/aromatic N) is 2. The Labute approximate surface area is 149 Å². The van der Waals surface area contributed by atoms with Crippen LogP contribution in [0.1, 0.15) is 36.8 Å². The lowest BCUT2D eigenvalue weighted by Crippen LogP contribution is -2.52. The van der Waals surface area contributed by atoms with Crippen LogP contribution in [0.3, 0.4) is 0 Å². The number of benzene rings is 1. The topological polar surface area (TPSA) is 76.4 Å². The zero-order valence-electron chi connectivity index (χ0n) is 14.1. The van der Waals surface area contributed by atoms with E-state index in [4.69, 9.17) is 10.4 Å². The number of hydrogen-bond acceptors (Lipinski definition) is 4. The Morgan fingerprint density at radius 2 is 2.04 bits per heavy atom. The second kappa shape index (κ2) is 7.16. The molecular formula is C18H20F3N3O2. The van der Waals surface area contributed by atoms with Gasteiger partial charge in [-0.1, -0.05) is 0 Å². The quantitative estimate of drug-likeness (QED) is 0.773. The maximum absolute atomic E-state index is 13.0. The number of carbonyl (C=O) groups is 1. The van der Waals surface area contributed by atoms with E-state index in [0.717, 1.165) is 25.5 Å². The number of rotatable bonds is 7. The van der Waals surface area contributed by atoms with E-state index in [1.54, 1.807) is 6.07 Å². The molecule has 3 rings (SSSR count). The SMILES string of the molecule is N#Cc1ccc(NC2CC(N(CC(=O)O)CC3CC3)C2)cc1C(F)(F)F. The lowest BCUT2D eigenvalue weighted by molar-refractivity contribution is -0.139. The number of hydrogen-bond donors (Lipinski definition) is 2. The average Bonchev–Trinajstić information content (AvgIpc) is 3.32. The predicted octanol–water partition coefficient (Wildman–Crippen LogP) is 3.32. The van der Waals surface area contributed by atoms with Gasteiger partial charge >= 0.3 is 12.1 Å². The van der Waals surface area contributed by atoms with Gasteiger partial charge < -0.3 is 10.4 Å². The molecular weight excluding hydrogens is 347 g/mol. The summed E-state index contributed by atoms with van der Waals surface area (Å²) in [6, 6.07) is 5.32. The number of nitrogens with one attached hydrogen (secondary N) is 1. The summed E-state index contributed by atoms with van der Waals surface area (Å²) < 4.78 is 39.1. The van der Waals surface area contributed by atoms with Crippen LogP contribution in [-0.2, 0) is 11.0 Å². The molecule has 0 aliphatic heterocycles.